The van der Waals surface area contributed by atoms with Crippen molar-refractivity contribution in [2.24, 2.45) is 0 Å². The summed E-state index contributed by atoms with van der Waals surface area (Å²) in [6, 6.07) is 5.59. The van der Waals surface area contributed by atoms with Gasteiger partial charge in [0.1, 0.15) is 15.5 Å². The van der Waals surface area contributed by atoms with Crippen LogP contribution in [-0.2, 0) is 6.54 Å². The molecule has 0 aliphatic rings. The third-order valence-corrected chi connectivity index (χ3v) is 4.65. The van der Waals surface area contributed by atoms with Crippen LogP contribution in [0.2, 0.25) is 0 Å². The van der Waals surface area contributed by atoms with E-state index in [4.69, 9.17) is 0 Å². The molecule has 0 bridgehead atoms. The molecule has 0 aliphatic carbocycles. The Morgan fingerprint density at radius 2 is 2.00 bits per heavy atom. The highest BCUT2D eigenvalue weighted by Gasteiger charge is 2.13. The number of pyridine rings is 1. The number of benzene rings is 1. The van der Waals surface area contributed by atoms with Gasteiger partial charge in [-0.3, -0.25) is 9.67 Å². The van der Waals surface area contributed by atoms with Crippen LogP contribution in [0, 0.1) is 12.7 Å². The van der Waals surface area contributed by atoms with Crippen molar-refractivity contribution >= 4 is 22.4 Å². The van der Waals surface area contributed by atoms with Gasteiger partial charge in [-0.05, 0) is 30.7 Å². The minimum Gasteiger partial charge on any atom is -0.432 e. The van der Waals surface area contributed by atoms with Crippen molar-refractivity contribution in [3.8, 4) is 16.9 Å². The van der Waals surface area contributed by atoms with Gasteiger partial charge in [0.2, 0.25) is 0 Å². The fraction of sp³-hybridized carbons (Fsp3) is 0.176. The topological polar surface area (TPSA) is 65.7 Å². The summed E-state index contributed by atoms with van der Waals surface area (Å²) >= 11 is 1.47. The number of halogens is 3. The molecule has 0 aliphatic heterocycles. The van der Waals surface area contributed by atoms with E-state index in [-0.39, 0.29) is 0 Å². The molecule has 10 heteroatoms. The number of rotatable bonds is 5. The van der Waals surface area contributed by atoms with Gasteiger partial charge in [-0.2, -0.15) is 13.9 Å². The third kappa shape index (κ3) is 3.61. The predicted octanol–water partition coefficient (Wildman–Crippen LogP) is 4.05. The van der Waals surface area contributed by atoms with E-state index in [1.54, 1.807) is 17.1 Å². The van der Waals surface area contributed by atoms with Crippen LogP contribution in [0.15, 0.2) is 36.7 Å². The average Bonchev–Trinajstić information content (AvgIpc) is 3.23. The van der Waals surface area contributed by atoms with Crippen molar-refractivity contribution < 1.29 is 17.9 Å². The maximum absolute atomic E-state index is 13.7. The second kappa shape index (κ2) is 6.95. The maximum Gasteiger partial charge on any atom is 0.387 e. The highest BCUT2D eigenvalue weighted by atomic mass is 32.1. The highest BCUT2D eigenvalue weighted by molar-refractivity contribution is 7.11. The summed E-state index contributed by atoms with van der Waals surface area (Å²) in [5.41, 5.74) is 2.53. The zero-order valence-electron chi connectivity index (χ0n) is 13.9. The number of alkyl halides is 2. The van der Waals surface area contributed by atoms with Crippen molar-refractivity contribution in [3.63, 3.8) is 0 Å². The number of aryl methyl sites for hydroxylation is 1. The van der Waals surface area contributed by atoms with Gasteiger partial charge in [-0.25, -0.2) is 4.39 Å². The Bertz CT molecular complexity index is 1110. The molecule has 0 radical (unpaired) electrons. The number of fused-ring (bicyclic) bond motifs is 1. The lowest BCUT2D eigenvalue weighted by Crippen LogP contribution is -2.04. The minimum absolute atomic E-state index is 0.434. The fourth-order valence-electron chi connectivity index (χ4n) is 2.64. The smallest absolute Gasteiger partial charge is 0.387 e. The Hall–Kier alpha value is -3.01. The first-order chi connectivity index (χ1) is 13.0. The average molecular weight is 391 g/mol. The summed E-state index contributed by atoms with van der Waals surface area (Å²) < 4.78 is 44.5. The molecule has 4 rings (SSSR count). The first kappa shape index (κ1) is 17.4. The summed E-state index contributed by atoms with van der Waals surface area (Å²) in [5, 5.41) is 14.0. The van der Waals surface area contributed by atoms with Crippen LogP contribution in [0.3, 0.4) is 0 Å². The second-order valence-corrected chi connectivity index (χ2v) is 6.94. The molecule has 138 valence electrons. The lowest BCUT2D eigenvalue weighted by molar-refractivity contribution is -0.0521. The van der Waals surface area contributed by atoms with E-state index >= 15 is 0 Å². The van der Waals surface area contributed by atoms with E-state index in [1.165, 1.54) is 23.5 Å². The van der Waals surface area contributed by atoms with Crippen LogP contribution in [0.25, 0.3) is 22.2 Å². The molecule has 0 unspecified atom stereocenters. The molecular weight excluding hydrogens is 379 g/mol. The first-order valence-corrected chi connectivity index (χ1v) is 8.66. The van der Waals surface area contributed by atoms with Crippen LogP contribution in [0.1, 0.15) is 10.0 Å². The Balaban J connectivity index is 1.72. The molecule has 0 saturated carbocycles. The normalized spacial score (nSPS) is 11.4. The quantitative estimate of drug-likeness (QED) is 0.514. The number of hydrogen-bond acceptors (Lipinski definition) is 6. The summed E-state index contributed by atoms with van der Waals surface area (Å²) in [6.45, 7) is -0.800. The molecule has 3 heterocycles. The Labute approximate surface area is 155 Å². The summed E-state index contributed by atoms with van der Waals surface area (Å²) in [4.78, 5) is 4.34. The molecule has 4 aromatic rings. The second-order valence-electron chi connectivity index (χ2n) is 5.67. The van der Waals surface area contributed by atoms with Gasteiger partial charge < -0.3 is 4.74 Å². The van der Waals surface area contributed by atoms with Gasteiger partial charge in [0.15, 0.2) is 11.6 Å². The van der Waals surface area contributed by atoms with E-state index in [0.29, 0.717) is 23.2 Å². The summed E-state index contributed by atoms with van der Waals surface area (Å²) in [6.07, 6.45) is 3.20. The number of ether oxygens (including phenoxy) is 1. The van der Waals surface area contributed by atoms with Gasteiger partial charge >= 0.3 is 6.61 Å². The molecule has 6 nitrogen and oxygen atoms in total. The molecule has 0 fully saturated rings. The molecule has 0 N–H and O–H groups in total. The van der Waals surface area contributed by atoms with E-state index in [2.05, 4.69) is 25.0 Å². The van der Waals surface area contributed by atoms with E-state index in [0.717, 1.165) is 21.6 Å². The van der Waals surface area contributed by atoms with E-state index in [9.17, 15) is 13.2 Å². The maximum atomic E-state index is 13.7. The third-order valence-electron chi connectivity index (χ3n) is 3.83. The molecule has 0 atom stereocenters. The van der Waals surface area contributed by atoms with Crippen LogP contribution >= 0.6 is 11.3 Å². The van der Waals surface area contributed by atoms with Gasteiger partial charge in [0, 0.05) is 11.8 Å². The monoisotopic (exact) mass is 391 g/mol. The van der Waals surface area contributed by atoms with E-state index < -0.39 is 18.2 Å². The largest absolute Gasteiger partial charge is 0.432 e. The first-order valence-electron chi connectivity index (χ1n) is 7.85. The molecule has 27 heavy (non-hydrogen) atoms. The van der Waals surface area contributed by atoms with E-state index in [1.807, 2.05) is 13.0 Å². The van der Waals surface area contributed by atoms with Crippen LogP contribution in [0.4, 0.5) is 13.2 Å². The number of aromatic nitrogens is 5. The van der Waals surface area contributed by atoms with Gasteiger partial charge in [0.05, 0.1) is 18.3 Å². The molecule has 1 aromatic carbocycles. The van der Waals surface area contributed by atoms with Gasteiger partial charge in [-0.15, -0.1) is 10.2 Å². The lowest BCUT2D eigenvalue weighted by atomic mass is 10.1. The van der Waals surface area contributed by atoms with Crippen LogP contribution < -0.4 is 4.74 Å². The molecule has 0 spiro atoms. The van der Waals surface area contributed by atoms with Crippen molar-refractivity contribution in [1.82, 2.24) is 25.0 Å². The predicted molar refractivity (Wildman–Crippen MR) is 93.3 cm³/mol. The number of hydrogen-bond donors (Lipinski definition) is 0. The van der Waals surface area contributed by atoms with Crippen molar-refractivity contribution in [1.29, 1.82) is 0 Å². The fourth-order valence-corrected chi connectivity index (χ4v) is 3.33. The SMILES string of the molecule is Cc1nnc(Cn2ncc3ncc(-c4ccc(F)c(OC(F)F)c4)cc32)s1. The molecule has 0 amide bonds. The van der Waals surface area contributed by atoms with Crippen molar-refractivity contribution in [2.45, 2.75) is 20.1 Å². The van der Waals surface area contributed by atoms with Gasteiger partial charge in [0.25, 0.3) is 0 Å². The zero-order chi connectivity index (χ0) is 19.0. The summed E-state index contributed by atoms with van der Waals surface area (Å²) in [5.74, 6) is -1.37. The zero-order valence-corrected chi connectivity index (χ0v) is 14.8. The molecule has 0 saturated heterocycles. The summed E-state index contributed by atoms with van der Waals surface area (Å²) in [7, 11) is 0. The Morgan fingerprint density at radius 3 is 2.74 bits per heavy atom. The van der Waals surface area contributed by atoms with Crippen LogP contribution in [-0.4, -0.2) is 31.6 Å². The standard InChI is InChI=1S/C17H12F3N5OS/c1-9-23-24-16(27-9)8-25-14-4-11(6-21-13(14)7-22-25)10-2-3-12(18)15(5-10)26-17(19)20/h2-7,17H,8H2,1H3. The number of nitrogens with zero attached hydrogens (tertiary/aromatic N) is 5. The lowest BCUT2D eigenvalue weighted by Gasteiger charge is -2.09. The highest BCUT2D eigenvalue weighted by Crippen LogP contribution is 2.29. The van der Waals surface area contributed by atoms with Crippen molar-refractivity contribution in [3.05, 3.63) is 52.5 Å². The Morgan fingerprint density at radius 1 is 1.15 bits per heavy atom. The molecule has 3 aromatic heterocycles. The Kier molecular flexibility index (Phi) is 4.48. The van der Waals surface area contributed by atoms with Crippen molar-refractivity contribution in [2.75, 3.05) is 0 Å². The van der Waals surface area contributed by atoms with Crippen LogP contribution in [0.5, 0.6) is 5.75 Å². The van der Waals surface area contributed by atoms with Gasteiger partial charge in [-0.1, -0.05) is 17.4 Å². The molecular formula is C17H12F3N5OS. The minimum atomic E-state index is -3.10.